The molecule has 0 saturated carbocycles. The molecule has 1 aliphatic heterocycles. The molecule has 1 aromatic carbocycles. The van der Waals surface area contributed by atoms with Crippen LogP contribution in [0, 0.1) is 6.92 Å². The molecule has 2 heterocycles. The van der Waals surface area contributed by atoms with E-state index in [1.54, 1.807) is 13.3 Å². The lowest BCUT2D eigenvalue weighted by Gasteiger charge is -2.33. The molecule has 9 heteroatoms. The highest BCUT2D eigenvalue weighted by atomic mass is 16.7. The molecule has 9 nitrogen and oxygen atoms in total. The third kappa shape index (κ3) is 5.77. The highest BCUT2D eigenvalue weighted by molar-refractivity contribution is 5.77. The summed E-state index contributed by atoms with van der Waals surface area (Å²) in [7, 11) is 1.65. The number of hydrogen-bond donors (Lipinski definition) is 2. The Morgan fingerprint density at radius 3 is 2.79 bits per heavy atom. The maximum Gasteiger partial charge on any atom is 0.272 e. The molecule has 1 saturated heterocycles. The number of rotatable bonds is 9. The van der Waals surface area contributed by atoms with E-state index in [4.69, 9.17) is 14.3 Å². The molecule has 0 spiro atoms. The Hall–Kier alpha value is -2.46. The van der Waals surface area contributed by atoms with Gasteiger partial charge in [-0.25, -0.2) is 5.01 Å². The number of aryl methyl sites for hydroxylation is 1. The normalized spacial score (nSPS) is 15.5. The zero-order chi connectivity index (χ0) is 19.8. The Kier molecular flexibility index (Phi) is 7.38. The number of nitrogens with zero attached hydrogens (tertiary/aromatic N) is 3. The van der Waals surface area contributed by atoms with E-state index in [1.807, 2.05) is 41.3 Å². The molecule has 3 rings (SSSR count). The van der Waals surface area contributed by atoms with Crippen LogP contribution in [0.3, 0.4) is 0 Å². The summed E-state index contributed by atoms with van der Waals surface area (Å²) in [6.45, 7) is 5.84. The van der Waals surface area contributed by atoms with Crippen molar-refractivity contribution < 1.29 is 19.1 Å². The Morgan fingerprint density at radius 2 is 2.07 bits per heavy atom. The summed E-state index contributed by atoms with van der Waals surface area (Å²) in [4.78, 5) is 17.8. The van der Waals surface area contributed by atoms with Gasteiger partial charge in [0.2, 0.25) is 0 Å². The summed E-state index contributed by atoms with van der Waals surface area (Å²) in [5.74, 6) is 0.461. The second-order valence-corrected chi connectivity index (χ2v) is 6.50. The number of carbonyl (C=O) groups is 1. The number of methoxy groups -OCH3 is 1. The number of carbonyl (C=O) groups excluding carboxylic acids is 1. The van der Waals surface area contributed by atoms with Gasteiger partial charge in [0.25, 0.3) is 5.91 Å². The minimum atomic E-state index is -0.182. The fraction of sp³-hybridized carbons (Fsp3) is 0.474. The van der Waals surface area contributed by atoms with Crippen molar-refractivity contribution in [3.8, 4) is 16.9 Å². The molecular formula is C19H27N5O4. The Balaban J connectivity index is 1.41. The molecule has 152 valence electrons. The van der Waals surface area contributed by atoms with Crippen LogP contribution in [0.25, 0.3) is 11.1 Å². The quantitative estimate of drug-likeness (QED) is 0.618. The van der Waals surface area contributed by atoms with Crippen molar-refractivity contribution in [2.75, 3.05) is 53.1 Å². The minimum Gasteiger partial charge on any atom is -0.484 e. The van der Waals surface area contributed by atoms with E-state index in [0.717, 1.165) is 29.9 Å². The van der Waals surface area contributed by atoms with E-state index in [9.17, 15) is 4.79 Å². The summed E-state index contributed by atoms with van der Waals surface area (Å²) >= 11 is 0. The van der Waals surface area contributed by atoms with E-state index in [2.05, 4.69) is 15.6 Å². The Bertz CT molecular complexity index is 758. The van der Waals surface area contributed by atoms with E-state index in [0.29, 0.717) is 32.1 Å². The zero-order valence-corrected chi connectivity index (χ0v) is 16.3. The number of hydrogen-bond acceptors (Lipinski definition) is 7. The number of H-pyrrole nitrogens is 1. The fourth-order valence-electron chi connectivity index (χ4n) is 2.93. The van der Waals surface area contributed by atoms with Crippen molar-refractivity contribution in [2.24, 2.45) is 0 Å². The van der Waals surface area contributed by atoms with Gasteiger partial charge in [0.1, 0.15) is 5.75 Å². The van der Waals surface area contributed by atoms with Crippen molar-refractivity contribution in [3.63, 3.8) is 0 Å². The number of aromatic amines is 1. The van der Waals surface area contributed by atoms with Crippen LogP contribution in [0.5, 0.6) is 5.75 Å². The van der Waals surface area contributed by atoms with E-state index in [1.165, 1.54) is 0 Å². The summed E-state index contributed by atoms with van der Waals surface area (Å²) in [5, 5.41) is 10.7. The number of ether oxygens (including phenoxy) is 2. The molecule has 2 N–H and O–H groups in total. The standard InChI is InChI=1S/C19H27N5O4/c1-15-18(13-20-21-15)16-4-3-5-17(12-16)27-14-19(25)22-23-6-8-24(9-7-23)28-11-10-26-2/h3-5,12-13H,6-11,14H2,1-2H3,(H,20,21)(H,22,25). The molecule has 1 amide bonds. The highest BCUT2D eigenvalue weighted by Crippen LogP contribution is 2.25. The van der Waals surface area contributed by atoms with Gasteiger partial charge in [0.05, 0.1) is 19.4 Å². The van der Waals surface area contributed by atoms with Crippen molar-refractivity contribution in [2.45, 2.75) is 6.92 Å². The number of amides is 1. The molecule has 2 aromatic rings. The van der Waals surface area contributed by atoms with Gasteiger partial charge in [-0.1, -0.05) is 12.1 Å². The lowest BCUT2D eigenvalue weighted by molar-refractivity contribution is -0.188. The van der Waals surface area contributed by atoms with Crippen LogP contribution in [-0.4, -0.2) is 79.3 Å². The smallest absolute Gasteiger partial charge is 0.272 e. The number of hydroxylamine groups is 2. The lowest BCUT2D eigenvalue weighted by Crippen LogP contribution is -2.54. The summed E-state index contributed by atoms with van der Waals surface area (Å²) in [5.41, 5.74) is 5.87. The van der Waals surface area contributed by atoms with Gasteiger partial charge in [0.15, 0.2) is 6.61 Å². The molecule has 0 atom stereocenters. The molecule has 1 fully saturated rings. The third-order valence-corrected chi connectivity index (χ3v) is 4.43. The van der Waals surface area contributed by atoms with Crippen LogP contribution in [0.1, 0.15) is 5.69 Å². The highest BCUT2D eigenvalue weighted by Gasteiger charge is 2.19. The van der Waals surface area contributed by atoms with Crippen LogP contribution < -0.4 is 10.2 Å². The topological polar surface area (TPSA) is 92.0 Å². The molecule has 1 aromatic heterocycles. The first-order valence-electron chi connectivity index (χ1n) is 9.30. The van der Waals surface area contributed by atoms with Crippen LogP contribution >= 0.6 is 0 Å². The molecule has 0 radical (unpaired) electrons. The zero-order valence-electron chi connectivity index (χ0n) is 16.3. The summed E-state index contributed by atoms with van der Waals surface area (Å²) in [6, 6.07) is 7.63. The maximum absolute atomic E-state index is 12.2. The van der Waals surface area contributed by atoms with Gasteiger partial charge >= 0.3 is 0 Å². The SMILES string of the molecule is COCCON1CCN(NC(=O)COc2cccc(-c3cn[nH]c3C)c2)CC1. The largest absolute Gasteiger partial charge is 0.484 e. The van der Waals surface area contributed by atoms with Crippen LogP contribution in [-0.2, 0) is 14.4 Å². The van der Waals surface area contributed by atoms with Crippen LogP contribution in [0.4, 0.5) is 0 Å². The van der Waals surface area contributed by atoms with Gasteiger partial charge in [-0.2, -0.15) is 10.2 Å². The van der Waals surface area contributed by atoms with Gasteiger partial charge in [-0.15, -0.1) is 0 Å². The molecule has 1 aliphatic rings. The Labute approximate surface area is 164 Å². The van der Waals surface area contributed by atoms with Crippen molar-refractivity contribution in [1.82, 2.24) is 25.7 Å². The van der Waals surface area contributed by atoms with E-state index < -0.39 is 0 Å². The number of nitrogens with one attached hydrogen (secondary N) is 2. The monoisotopic (exact) mass is 389 g/mol. The number of benzene rings is 1. The molecule has 0 bridgehead atoms. The van der Waals surface area contributed by atoms with E-state index in [-0.39, 0.29) is 12.5 Å². The lowest BCUT2D eigenvalue weighted by atomic mass is 10.1. The summed E-state index contributed by atoms with van der Waals surface area (Å²) < 4.78 is 10.6. The van der Waals surface area contributed by atoms with Crippen molar-refractivity contribution in [1.29, 1.82) is 0 Å². The first-order valence-corrected chi connectivity index (χ1v) is 9.30. The first kappa shape index (κ1) is 20.3. The van der Waals surface area contributed by atoms with Crippen molar-refractivity contribution >= 4 is 5.91 Å². The van der Waals surface area contributed by atoms with Gasteiger partial charge in [0, 0.05) is 44.5 Å². The summed E-state index contributed by atoms with van der Waals surface area (Å²) in [6.07, 6.45) is 1.78. The number of hydrazine groups is 1. The number of aromatic nitrogens is 2. The molecular weight excluding hydrogens is 362 g/mol. The molecule has 0 aliphatic carbocycles. The third-order valence-electron chi connectivity index (χ3n) is 4.43. The van der Waals surface area contributed by atoms with Gasteiger partial charge < -0.3 is 9.47 Å². The number of piperazine rings is 1. The van der Waals surface area contributed by atoms with Crippen molar-refractivity contribution in [3.05, 3.63) is 36.2 Å². The fourth-order valence-corrected chi connectivity index (χ4v) is 2.93. The minimum absolute atomic E-state index is 0.0433. The van der Waals surface area contributed by atoms with Crippen LogP contribution in [0.2, 0.25) is 0 Å². The average Bonchev–Trinajstić information content (AvgIpc) is 3.14. The average molecular weight is 389 g/mol. The maximum atomic E-state index is 12.2. The van der Waals surface area contributed by atoms with Crippen LogP contribution in [0.15, 0.2) is 30.5 Å². The van der Waals surface area contributed by atoms with Gasteiger partial charge in [-0.3, -0.25) is 20.2 Å². The second kappa shape index (κ2) is 10.2. The predicted octanol–water partition coefficient (Wildman–Crippen LogP) is 0.991. The molecule has 0 unspecified atom stereocenters. The van der Waals surface area contributed by atoms with E-state index >= 15 is 0 Å². The Morgan fingerprint density at radius 1 is 1.25 bits per heavy atom. The predicted molar refractivity (Wildman–Crippen MR) is 103 cm³/mol. The molecule has 28 heavy (non-hydrogen) atoms. The van der Waals surface area contributed by atoms with Gasteiger partial charge in [-0.05, 0) is 24.6 Å². The second-order valence-electron chi connectivity index (χ2n) is 6.50. The first-order chi connectivity index (χ1) is 13.7.